The number of ether oxygens (including phenoxy) is 1. The van der Waals surface area contributed by atoms with E-state index in [0.29, 0.717) is 12.0 Å². The van der Waals surface area contributed by atoms with Crippen LogP contribution in [0, 0.1) is 11.3 Å². The maximum Gasteiger partial charge on any atom is 0.161 e. The molecular weight excluding hydrogens is 194 g/mol. The van der Waals surface area contributed by atoms with E-state index < -0.39 is 0 Å². The summed E-state index contributed by atoms with van der Waals surface area (Å²) in [5.41, 5.74) is 0.432. The first-order valence-electron chi connectivity index (χ1n) is 4.23. The Labute approximate surface area is 87.1 Å². The van der Waals surface area contributed by atoms with Gasteiger partial charge >= 0.3 is 0 Å². The molecule has 0 N–H and O–H groups in total. The molecule has 0 saturated carbocycles. The summed E-state index contributed by atoms with van der Waals surface area (Å²) in [5.74, 6) is -0.0262. The van der Waals surface area contributed by atoms with Crippen LogP contribution in [-0.4, -0.2) is 19.2 Å². The second-order valence-corrected chi connectivity index (χ2v) is 2.89. The zero-order valence-electron chi connectivity index (χ0n) is 8.40. The average Bonchev–Trinajstić information content (AvgIpc) is 2.26. The van der Waals surface area contributed by atoms with Crippen molar-refractivity contribution < 1.29 is 14.3 Å². The molecule has 0 saturated heterocycles. The van der Waals surface area contributed by atoms with Gasteiger partial charge in [-0.2, -0.15) is 5.26 Å². The van der Waals surface area contributed by atoms with Crippen molar-refractivity contribution in [3.8, 4) is 11.8 Å². The minimum Gasteiger partial charge on any atom is -0.496 e. The smallest absolute Gasteiger partial charge is 0.161 e. The Morgan fingerprint density at radius 2 is 2.20 bits per heavy atom. The van der Waals surface area contributed by atoms with Crippen molar-refractivity contribution in [3.63, 3.8) is 0 Å². The van der Waals surface area contributed by atoms with Crippen LogP contribution in [-0.2, 0) is 0 Å². The topological polar surface area (TPSA) is 67.2 Å². The van der Waals surface area contributed by atoms with Gasteiger partial charge in [0.25, 0.3) is 0 Å². The standard InChI is InChI=1S/C11H9NO3/c1-7(14)11-8(5-12)3-4-10(15-2)9(11)6-13/h3-4,6H,1-2H3. The Hall–Kier alpha value is -2.15. The Bertz CT molecular complexity index is 458. The van der Waals surface area contributed by atoms with E-state index in [1.165, 1.54) is 26.2 Å². The van der Waals surface area contributed by atoms with Crippen molar-refractivity contribution in [3.05, 3.63) is 28.8 Å². The van der Waals surface area contributed by atoms with Gasteiger partial charge < -0.3 is 4.74 Å². The molecule has 0 bridgehead atoms. The highest BCUT2D eigenvalue weighted by atomic mass is 16.5. The number of hydrogen-bond donors (Lipinski definition) is 0. The van der Waals surface area contributed by atoms with Gasteiger partial charge in [-0.25, -0.2) is 0 Å². The molecule has 0 fully saturated rings. The van der Waals surface area contributed by atoms with Crippen molar-refractivity contribution in [1.82, 2.24) is 0 Å². The minimum absolute atomic E-state index is 0.117. The SMILES string of the molecule is COc1ccc(C#N)c(C(C)=O)c1C=O. The summed E-state index contributed by atoms with van der Waals surface area (Å²) in [4.78, 5) is 22.1. The third-order valence-electron chi connectivity index (χ3n) is 2.02. The van der Waals surface area contributed by atoms with E-state index in [4.69, 9.17) is 10.00 Å². The summed E-state index contributed by atoms with van der Waals surface area (Å²) >= 11 is 0. The molecule has 0 heterocycles. The Morgan fingerprint density at radius 1 is 1.53 bits per heavy atom. The van der Waals surface area contributed by atoms with Crippen molar-refractivity contribution in [2.75, 3.05) is 7.11 Å². The maximum atomic E-state index is 11.3. The van der Waals surface area contributed by atoms with Gasteiger partial charge in [-0.1, -0.05) is 0 Å². The molecule has 0 aliphatic carbocycles. The lowest BCUT2D eigenvalue weighted by Gasteiger charge is -2.08. The monoisotopic (exact) mass is 203 g/mol. The molecule has 0 atom stereocenters. The first-order valence-corrected chi connectivity index (χ1v) is 4.23. The number of benzene rings is 1. The van der Waals surface area contributed by atoms with Crippen molar-refractivity contribution in [2.45, 2.75) is 6.92 Å². The van der Waals surface area contributed by atoms with E-state index in [9.17, 15) is 9.59 Å². The lowest BCUT2D eigenvalue weighted by Crippen LogP contribution is -2.04. The van der Waals surface area contributed by atoms with Gasteiger partial charge in [0.05, 0.1) is 24.3 Å². The van der Waals surface area contributed by atoms with Gasteiger partial charge in [-0.3, -0.25) is 9.59 Å². The van der Waals surface area contributed by atoms with E-state index in [1.54, 1.807) is 0 Å². The molecule has 0 spiro atoms. The largest absolute Gasteiger partial charge is 0.496 e. The van der Waals surface area contributed by atoms with E-state index in [0.717, 1.165) is 0 Å². The van der Waals surface area contributed by atoms with Crippen LogP contribution in [0.15, 0.2) is 12.1 Å². The predicted molar refractivity (Wildman–Crippen MR) is 53.1 cm³/mol. The highest BCUT2D eigenvalue weighted by Crippen LogP contribution is 2.24. The molecule has 1 rings (SSSR count). The first-order chi connectivity index (χ1) is 7.15. The highest BCUT2D eigenvalue weighted by molar-refractivity contribution is 6.04. The van der Waals surface area contributed by atoms with Gasteiger partial charge in [-0.15, -0.1) is 0 Å². The summed E-state index contributed by atoms with van der Waals surface area (Å²) in [6, 6.07) is 4.82. The number of ketones is 1. The van der Waals surface area contributed by atoms with Crippen LogP contribution in [0.2, 0.25) is 0 Å². The summed E-state index contributed by atoms with van der Waals surface area (Å²) < 4.78 is 4.93. The van der Waals surface area contributed by atoms with Crippen LogP contribution < -0.4 is 4.74 Å². The molecule has 0 aliphatic rings. The quantitative estimate of drug-likeness (QED) is 0.552. The number of nitrogens with zero attached hydrogens (tertiary/aromatic N) is 1. The predicted octanol–water partition coefficient (Wildman–Crippen LogP) is 1.58. The number of carbonyl (C=O) groups excluding carboxylic acids is 2. The van der Waals surface area contributed by atoms with Crippen molar-refractivity contribution in [2.24, 2.45) is 0 Å². The molecule has 4 heteroatoms. The van der Waals surface area contributed by atoms with Gasteiger partial charge in [0.15, 0.2) is 12.1 Å². The fourth-order valence-corrected chi connectivity index (χ4v) is 1.37. The molecule has 0 unspecified atom stereocenters. The van der Waals surface area contributed by atoms with E-state index in [2.05, 4.69) is 0 Å². The number of nitriles is 1. The Morgan fingerprint density at radius 3 is 2.60 bits per heavy atom. The molecule has 4 nitrogen and oxygen atoms in total. The third-order valence-corrected chi connectivity index (χ3v) is 2.02. The summed E-state index contributed by atoms with van der Waals surface area (Å²) in [6.45, 7) is 1.31. The Kier molecular flexibility index (Phi) is 3.19. The summed E-state index contributed by atoms with van der Waals surface area (Å²) in [5, 5.41) is 8.79. The Balaban J connectivity index is 3.60. The molecular formula is C11H9NO3. The zero-order chi connectivity index (χ0) is 11.4. The second-order valence-electron chi connectivity index (χ2n) is 2.89. The van der Waals surface area contributed by atoms with Crippen LogP contribution in [0.5, 0.6) is 5.75 Å². The molecule has 15 heavy (non-hydrogen) atoms. The number of aldehydes is 1. The van der Waals surface area contributed by atoms with Crippen LogP contribution >= 0.6 is 0 Å². The van der Waals surface area contributed by atoms with Gasteiger partial charge in [0.1, 0.15) is 5.75 Å². The first kappa shape index (κ1) is 10.9. The van der Waals surface area contributed by atoms with Gasteiger partial charge in [0, 0.05) is 5.56 Å². The van der Waals surface area contributed by atoms with Crippen LogP contribution in [0.1, 0.15) is 33.2 Å². The molecule has 0 radical (unpaired) electrons. The number of hydrogen-bond acceptors (Lipinski definition) is 4. The zero-order valence-corrected chi connectivity index (χ0v) is 8.40. The van der Waals surface area contributed by atoms with Gasteiger partial charge in [-0.05, 0) is 19.1 Å². The lowest BCUT2D eigenvalue weighted by atomic mass is 9.98. The average molecular weight is 203 g/mol. The lowest BCUT2D eigenvalue weighted by molar-refractivity contribution is 0.100. The highest BCUT2D eigenvalue weighted by Gasteiger charge is 2.16. The minimum atomic E-state index is -0.326. The normalized spacial score (nSPS) is 9.13. The number of rotatable bonds is 3. The van der Waals surface area contributed by atoms with Gasteiger partial charge in [0.2, 0.25) is 0 Å². The molecule has 0 aliphatic heterocycles. The maximum absolute atomic E-state index is 11.3. The fourth-order valence-electron chi connectivity index (χ4n) is 1.37. The molecule has 1 aromatic rings. The van der Waals surface area contributed by atoms with Crippen LogP contribution in [0.4, 0.5) is 0 Å². The van der Waals surface area contributed by atoms with E-state index in [-0.39, 0.29) is 22.5 Å². The number of carbonyl (C=O) groups is 2. The summed E-state index contributed by atoms with van der Waals surface area (Å²) in [6.07, 6.45) is 0.524. The fraction of sp³-hybridized carbons (Fsp3) is 0.182. The number of Topliss-reactive ketones (excluding diaryl/α,β-unsaturated/α-hetero) is 1. The second kappa shape index (κ2) is 4.38. The summed E-state index contributed by atoms with van der Waals surface area (Å²) in [7, 11) is 1.40. The molecule has 1 aromatic carbocycles. The van der Waals surface area contributed by atoms with Crippen LogP contribution in [0.3, 0.4) is 0 Å². The molecule has 0 aromatic heterocycles. The van der Waals surface area contributed by atoms with Crippen LogP contribution in [0.25, 0.3) is 0 Å². The molecule has 0 amide bonds. The third kappa shape index (κ3) is 1.86. The molecule has 76 valence electrons. The van der Waals surface area contributed by atoms with Crippen molar-refractivity contribution in [1.29, 1.82) is 5.26 Å². The number of methoxy groups -OCH3 is 1. The van der Waals surface area contributed by atoms with E-state index >= 15 is 0 Å². The van der Waals surface area contributed by atoms with Crippen molar-refractivity contribution >= 4 is 12.1 Å². The van der Waals surface area contributed by atoms with E-state index in [1.807, 2.05) is 6.07 Å².